The van der Waals surface area contributed by atoms with Crippen molar-refractivity contribution < 1.29 is 88.5 Å². The largest absolute Gasteiger partial charge is 0.392 e. The van der Waals surface area contributed by atoms with E-state index in [2.05, 4.69) is 40.1 Å². The van der Waals surface area contributed by atoms with Crippen LogP contribution in [0, 0.1) is 88.8 Å². The molecule has 4 aliphatic carbocycles. The zero-order chi connectivity index (χ0) is 81.4. The summed E-state index contributed by atoms with van der Waals surface area (Å²) in [4.78, 5) is 64.0. The minimum atomic E-state index is -1.08. The number of nitrogens with two attached hydrogens (primary N) is 1. The fourth-order valence-corrected chi connectivity index (χ4v) is 18.8. The van der Waals surface area contributed by atoms with E-state index in [1.807, 2.05) is 41.5 Å². The molecule has 0 aromatic carbocycles. The van der Waals surface area contributed by atoms with Crippen molar-refractivity contribution in [2.24, 2.45) is 94.5 Å². The molecular formula is C88H161N5O18. The molecule has 1 amide bonds. The summed E-state index contributed by atoms with van der Waals surface area (Å²) in [6, 6.07) is 0. The van der Waals surface area contributed by atoms with Crippen LogP contribution in [0.2, 0.25) is 0 Å². The second-order valence-corrected chi connectivity index (χ2v) is 34.8. The molecular weight excluding hydrogens is 1410 g/mol. The molecule has 5 fully saturated rings. The Morgan fingerprint density at radius 2 is 1.14 bits per heavy atom. The summed E-state index contributed by atoms with van der Waals surface area (Å²) in [5.74, 6) is -6.37. The molecule has 0 aromatic heterocycles. The van der Waals surface area contributed by atoms with Gasteiger partial charge in [-0.1, -0.05) is 113 Å². The van der Waals surface area contributed by atoms with Crippen LogP contribution < -0.4 is 11.1 Å². The number of Topliss-reactive ketones (excluding diaryl/α,β-unsaturated/α-hetero) is 3. The van der Waals surface area contributed by atoms with Crippen molar-refractivity contribution in [1.29, 1.82) is 0 Å². The highest BCUT2D eigenvalue weighted by Crippen LogP contribution is 2.42. The number of nitrogens with one attached hydrogen (secondary N) is 1. The van der Waals surface area contributed by atoms with E-state index in [0.717, 1.165) is 51.4 Å². The topological polar surface area (TPSA) is 333 Å². The van der Waals surface area contributed by atoms with Crippen molar-refractivity contribution in [2.75, 3.05) is 152 Å². The number of ether oxygens (including phenoxy) is 6. The first-order valence-corrected chi connectivity index (χ1v) is 44.2. The van der Waals surface area contributed by atoms with Gasteiger partial charge in [-0.2, -0.15) is 0 Å². The van der Waals surface area contributed by atoms with Gasteiger partial charge in [-0.3, -0.25) is 19.2 Å². The Morgan fingerprint density at radius 3 is 1.79 bits per heavy atom. The molecule has 1 aliphatic heterocycles. The maximum Gasteiger partial charge on any atom is 0.225 e. The number of nitrogens with zero attached hydrogens (tertiary/aromatic N) is 3. The predicted octanol–water partition coefficient (Wildman–Crippen LogP) is 9.02. The van der Waals surface area contributed by atoms with Crippen molar-refractivity contribution in [3.05, 3.63) is 24.3 Å². The average Bonchev–Trinajstić information content (AvgIpc) is 0.909. The van der Waals surface area contributed by atoms with Crippen molar-refractivity contribution in [1.82, 2.24) is 20.0 Å². The van der Waals surface area contributed by atoms with E-state index in [-0.39, 0.29) is 58.8 Å². The predicted molar refractivity (Wildman–Crippen MR) is 436 cm³/mol. The molecule has 1 heterocycles. The molecule has 0 spiro atoms. The molecule has 0 radical (unpaired) electrons. The Kier molecular flexibility index (Phi) is 49.0. The van der Waals surface area contributed by atoms with Crippen molar-refractivity contribution in [3.8, 4) is 0 Å². The Labute approximate surface area is 670 Å². The van der Waals surface area contributed by atoms with Gasteiger partial charge in [-0.05, 0) is 195 Å². The first kappa shape index (κ1) is 98.8. The number of ketones is 3. The minimum Gasteiger partial charge on any atom is -0.392 e. The molecule has 0 aromatic rings. The number of carbonyl (C=O) groups is 4. The van der Waals surface area contributed by atoms with Gasteiger partial charge in [0.1, 0.15) is 11.6 Å². The maximum atomic E-state index is 15.1. The van der Waals surface area contributed by atoms with E-state index >= 15 is 4.79 Å². The molecule has 23 unspecified atom stereocenters. The van der Waals surface area contributed by atoms with E-state index in [1.165, 1.54) is 0 Å². The molecule has 4 saturated carbocycles. The van der Waals surface area contributed by atoms with Crippen molar-refractivity contribution in [2.45, 2.75) is 271 Å². The van der Waals surface area contributed by atoms with Crippen LogP contribution in [-0.2, 0) is 47.6 Å². The molecule has 4 bridgehead atoms. The summed E-state index contributed by atoms with van der Waals surface area (Å²) >= 11 is 0. The normalized spacial score (nSPS) is 31.3. The number of hydrogen-bond acceptors (Lipinski definition) is 22. The van der Waals surface area contributed by atoms with E-state index < -0.39 is 102 Å². The molecule has 5 rings (SSSR count). The van der Waals surface area contributed by atoms with Gasteiger partial charge in [0.05, 0.1) is 114 Å². The number of methoxy groups -OCH3 is 2. The Balaban J connectivity index is 1.37. The summed E-state index contributed by atoms with van der Waals surface area (Å²) in [6.45, 7) is 34.1. The summed E-state index contributed by atoms with van der Waals surface area (Å²) in [6.07, 6.45) is 10.4. The van der Waals surface area contributed by atoms with Crippen LogP contribution in [0.25, 0.3) is 0 Å². The average molecular weight is 1580 g/mol. The number of rotatable bonds is 45. The monoisotopic (exact) mass is 1580 g/mol. The number of unbranched alkanes of at least 4 members (excludes halogenated alkanes) is 4. The first-order chi connectivity index (χ1) is 53.3. The van der Waals surface area contributed by atoms with Gasteiger partial charge in [-0.15, -0.1) is 0 Å². The standard InChI is InChI=1S/C88H161N5O18/c1-12-24-61(3)77(94)69-27-19-29-71(84(69)101)79(96)63(5)36-43-91(42-35-60(2)66(8)82(99)74-33-22-34-76(87(74)104)88(105)90-40-17-13-14-18-49-108-55-57-110-53-51-106-10)46-47-92-44-37-64(6)80(97)72-30-20-28-70(85(72)102)78(95)62(4)25-23-41-93(48-50-109-56-58-111-54-52-107-11)59-68(26-15-16-39-89)67(9)83(100)75-32-21-31-73(86(75)103)81(98)65(7)38-45-92/h60,62-64,66-76,79-82,84-87,96-99,101-104H,3,7,12-59,89H2,1-2,4-6,8-11H3,(H,90,105). The number of hydrogen-bond donors (Lipinski definition) is 10. The molecule has 11 N–H and O–H groups in total. The van der Waals surface area contributed by atoms with Gasteiger partial charge in [0.25, 0.3) is 0 Å². The van der Waals surface area contributed by atoms with Gasteiger partial charge in [0.15, 0.2) is 5.78 Å². The second-order valence-electron chi connectivity index (χ2n) is 34.8. The highest BCUT2D eigenvalue weighted by molar-refractivity contribution is 5.97. The zero-order valence-electron chi connectivity index (χ0n) is 70.7. The van der Waals surface area contributed by atoms with Gasteiger partial charge < -0.3 is 95.0 Å². The van der Waals surface area contributed by atoms with Gasteiger partial charge >= 0.3 is 0 Å². The number of aliphatic hydroxyl groups is 8. The lowest BCUT2D eigenvalue weighted by Crippen LogP contribution is -2.49. The van der Waals surface area contributed by atoms with E-state index in [9.17, 15) is 55.2 Å². The molecule has 23 atom stereocenters. The Morgan fingerprint density at radius 1 is 0.577 bits per heavy atom. The van der Waals surface area contributed by atoms with E-state index in [0.29, 0.717) is 271 Å². The number of amides is 1. The zero-order valence-corrected chi connectivity index (χ0v) is 70.7. The third kappa shape index (κ3) is 33.2. The van der Waals surface area contributed by atoms with Crippen LogP contribution >= 0.6 is 0 Å². The Bertz CT molecular complexity index is 2580. The number of allylic oxidation sites excluding steroid dienone is 1. The SMILES string of the molecule is C=C(CCC)C(=O)C1CCCC(C(O)C(C)CCN(CCC(C)C(C)C(O)C2CCCC(C(=O)NCCCCCCOCCOCCOC)C2O)CCN2CCC(=C)C(O)C3CCCC(C(=O)C(C)C(CCCCN)CN(CCOCCOCCOC)CCCC(C)C(=O)C4CCCC(C(O)C(C)CC2)C4O)C3O)C1O. The van der Waals surface area contributed by atoms with Crippen molar-refractivity contribution >= 4 is 23.3 Å². The van der Waals surface area contributed by atoms with E-state index in [4.69, 9.17) is 34.2 Å². The smallest absolute Gasteiger partial charge is 0.225 e. The second kappa shape index (κ2) is 55.1. The molecule has 5 aliphatic rings. The fraction of sp³-hybridized carbons (Fsp3) is 0.909. The van der Waals surface area contributed by atoms with Crippen LogP contribution in [0.5, 0.6) is 0 Å². The third-order valence-corrected chi connectivity index (χ3v) is 26.8. The summed E-state index contributed by atoms with van der Waals surface area (Å²) in [5, 5.41) is 101. The fourth-order valence-electron chi connectivity index (χ4n) is 18.8. The molecule has 111 heavy (non-hydrogen) atoms. The van der Waals surface area contributed by atoms with Crippen molar-refractivity contribution in [3.63, 3.8) is 0 Å². The Hall–Kier alpha value is -2.76. The number of aliphatic hydroxyl groups excluding tert-OH is 8. The molecule has 23 nitrogen and oxygen atoms in total. The summed E-state index contributed by atoms with van der Waals surface area (Å²) in [7, 11) is 3.28. The quantitative estimate of drug-likeness (QED) is 0.0154. The van der Waals surface area contributed by atoms with Crippen LogP contribution in [0.3, 0.4) is 0 Å². The van der Waals surface area contributed by atoms with Gasteiger partial charge in [-0.25, -0.2) is 0 Å². The lowest BCUT2D eigenvalue weighted by molar-refractivity contribution is -0.138. The highest BCUT2D eigenvalue weighted by atomic mass is 16.5. The lowest BCUT2D eigenvalue weighted by atomic mass is 9.69. The molecule has 23 heteroatoms. The molecule has 646 valence electrons. The van der Waals surface area contributed by atoms with Crippen LogP contribution in [0.1, 0.15) is 222 Å². The third-order valence-electron chi connectivity index (χ3n) is 26.8. The minimum absolute atomic E-state index is 0.00395. The van der Waals surface area contributed by atoms with Crippen LogP contribution in [0.4, 0.5) is 0 Å². The van der Waals surface area contributed by atoms with Crippen LogP contribution in [-0.4, -0.2) is 280 Å². The lowest BCUT2D eigenvalue weighted by Gasteiger charge is -2.40. The van der Waals surface area contributed by atoms with Crippen LogP contribution in [0.15, 0.2) is 24.3 Å². The van der Waals surface area contributed by atoms with Gasteiger partial charge in [0, 0.05) is 113 Å². The summed E-state index contributed by atoms with van der Waals surface area (Å²) < 4.78 is 33.0. The van der Waals surface area contributed by atoms with E-state index in [1.54, 1.807) is 14.2 Å². The summed E-state index contributed by atoms with van der Waals surface area (Å²) in [5.41, 5.74) is 7.14. The maximum absolute atomic E-state index is 15.1. The number of fused-ring (bicyclic) bond motifs is 4. The van der Waals surface area contributed by atoms with Gasteiger partial charge in [0.2, 0.25) is 5.91 Å². The highest BCUT2D eigenvalue weighted by Gasteiger charge is 2.47. The molecule has 1 saturated heterocycles. The first-order valence-electron chi connectivity index (χ1n) is 44.2. The number of carbonyl (C=O) groups excluding carboxylic acids is 4.